The monoisotopic (exact) mass is 422 g/mol. The van der Waals surface area contributed by atoms with Crippen LogP contribution < -0.4 is 10.1 Å². The number of hydrogen-bond acceptors (Lipinski definition) is 4. The Morgan fingerprint density at radius 1 is 1.35 bits per heavy atom. The highest BCUT2D eigenvalue weighted by molar-refractivity contribution is 9.10. The molecule has 2 aliphatic heterocycles. The van der Waals surface area contributed by atoms with E-state index in [0.29, 0.717) is 23.8 Å². The Morgan fingerprint density at radius 3 is 2.77 bits per heavy atom. The van der Waals surface area contributed by atoms with Crippen LogP contribution in [0.2, 0.25) is 0 Å². The maximum atomic E-state index is 11.8. The average Bonchev–Trinajstić information content (AvgIpc) is 3.00. The Hall–Kier alpha value is -1.27. The molecule has 2 heterocycles. The first-order valence-electron chi connectivity index (χ1n) is 9.42. The van der Waals surface area contributed by atoms with E-state index in [-0.39, 0.29) is 6.09 Å². The van der Waals surface area contributed by atoms with Gasteiger partial charge in [-0.25, -0.2) is 4.79 Å². The highest BCUT2D eigenvalue weighted by atomic mass is 79.9. The number of likely N-dealkylation sites (tertiary alicyclic amines) is 1. The molecule has 3 unspecified atom stereocenters. The summed E-state index contributed by atoms with van der Waals surface area (Å²) < 4.78 is 12.4. The average molecular weight is 423 g/mol. The van der Waals surface area contributed by atoms with Gasteiger partial charge in [-0.05, 0) is 62.6 Å². The number of amides is 1. The third kappa shape index (κ3) is 3.86. The van der Waals surface area contributed by atoms with Gasteiger partial charge in [0.1, 0.15) is 18.0 Å². The second-order valence-corrected chi connectivity index (χ2v) is 9.66. The smallest absolute Gasteiger partial charge is 0.407 e. The van der Waals surface area contributed by atoms with Crippen LogP contribution in [0.3, 0.4) is 0 Å². The minimum atomic E-state index is -0.437. The van der Waals surface area contributed by atoms with E-state index in [2.05, 4.69) is 44.3 Å². The number of carbonyl (C=O) groups excluding carboxylic acids is 1. The molecule has 3 aliphatic rings. The van der Waals surface area contributed by atoms with Crippen molar-refractivity contribution in [1.29, 1.82) is 0 Å². The maximum absolute atomic E-state index is 11.8. The third-order valence-corrected chi connectivity index (χ3v) is 6.21. The number of benzene rings is 1. The van der Waals surface area contributed by atoms with E-state index in [9.17, 15) is 4.79 Å². The molecule has 26 heavy (non-hydrogen) atoms. The lowest BCUT2D eigenvalue weighted by molar-refractivity contribution is 0.0521. The number of nitrogens with zero attached hydrogens (tertiary/aromatic N) is 1. The summed E-state index contributed by atoms with van der Waals surface area (Å²) in [6, 6.07) is 6.78. The Morgan fingerprint density at radius 2 is 2.08 bits per heavy atom. The van der Waals surface area contributed by atoms with Crippen LogP contribution in [0.1, 0.15) is 26.3 Å². The molecule has 1 aromatic rings. The van der Waals surface area contributed by atoms with Crippen molar-refractivity contribution in [2.24, 2.45) is 17.8 Å². The number of rotatable bonds is 3. The summed E-state index contributed by atoms with van der Waals surface area (Å²) in [4.78, 5) is 14.4. The Labute approximate surface area is 163 Å². The predicted octanol–water partition coefficient (Wildman–Crippen LogP) is 3.46. The quantitative estimate of drug-likeness (QED) is 0.809. The van der Waals surface area contributed by atoms with Crippen LogP contribution >= 0.6 is 15.9 Å². The molecule has 1 amide bonds. The number of alkyl carbamates (subject to hydrolysis) is 1. The largest absolute Gasteiger partial charge is 0.492 e. The van der Waals surface area contributed by atoms with Crippen molar-refractivity contribution in [3.8, 4) is 5.75 Å². The van der Waals surface area contributed by atoms with E-state index >= 15 is 0 Å². The van der Waals surface area contributed by atoms with Gasteiger partial charge in [-0.15, -0.1) is 0 Å². The summed E-state index contributed by atoms with van der Waals surface area (Å²) in [5.41, 5.74) is 0.862. The van der Waals surface area contributed by atoms with Gasteiger partial charge in [-0.2, -0.15) is 0 Å². The molecule has 1 saturated heterocycles. The molecule has 0 radical (unpaired) electrons. The van der Waals surface area contributed by atoms with E-state index in [1.165, 1.54) is 5.56 Å². The van der Waals surface area contributed by atoms with Gasteiger partial charge in [0, 0.05) is 30.1 Å². The first kappa shape index (κ1) is 18.1. The van der Waals surface area contributed by atoms with Gasteiger partial charge in [0.2, 0.25) is 0 Å². The fraction of sp³-hybridized carbons (Fsp3) is 0.650. The van der Waals surface area contributed by atoms with E-state index in [4.69, 9.17) is 9.47 Å². The Balaban J connectivity index is 1.24. The number of hydrogen-bond donors (Lipinski definition) is 1. The Kier molecular flexibility index (Phi) is 4.68. The van der Waals surface area contributed by atoms with E-state index < -0.39 is 5.60 Å². The molecule has 2 fully saturated rings. The first-order chi connectivity index (χ1) is 12.3. The molecule has 1 N–H and O–H groups in total. The molecule has 0 bridgehead atoms. The minimum absolute atomic E-state index is 0.303. The topological polar surface area (TPSA) is 50.8 Å². The van der Waals surface area contributed by atoms with Crippen molar-refractivity contribution >= 4 is 22.0 Å². The lowest BCUT2D eigenvalue weighted by Crippen LogP contribution is -2.44. The molecule has 1 saturated carbocycles. The standard InChI is InChI=1S/C20H27BrN2O3/c1-20(2,3)26-19(24)22-8-15-16-9-23(10-17(15)16)14-6-12-4-5-13(21)7-18(12)25-11-14/h4-5,7,14-17H,6,8-11H2,1-3H3,(H,22,24). The zero-order valence-corrected chi connectivity index (χ0v) is 17.2. The van der Waals surface area contributed by atoms with E-state index in [1.807, 2.05) is 20.8 Å². The van der Waals surface area contributed by atoms with Gasteiger partial charge in [0.25, 0.3) is 0 Å². The molecule has 4 rings (SSSR count). The predicted molar refractivity (Wildman–Crippen MR) is 103 cm³/mol. The van der Waals surface area contributed by atoms with Crippen molar-refractivity contribution in [1.82, 2.24) is 10.2 Å². The number of fused-ring (bicyclic) bond motifs is 2. The number of carbonyl (C=O) groups is 1. The molecule has 1 aliphatic carbocycles. The number of nitrogens with one attached hydrogen (secondary N) is 1. The van der Waals surface area contributed by atoms with Crippen molar-refractivity contribution in [3.63, 3.8) is 0 Å². The summed E-state index contributed by atoms with van der Waals surface area (Å²) in [5, 5.41) is 2.93. The van der Waals surface area contributed by atoms with Gasteiger partial charge in [0.15, 0.2) is 0 Å². The van der Waals surface area contributed by atoms with E-state index in [1.54, 1.807) is 0 Å². The molecule has 0 aromatic heterocycles. The lowest BCUT2D eigenvalue weighted by atomic mass is 10.0. The maximum Gasteiger partial charge on any atom is 0.407 e. The van der Waals surface area contributed by atoms with Gasteiger partial charge >= 0.3 is 6.09 Å². The fourth-order valence-electron chi connectivity index (χ4n) is 4.36. The number of piperidine rings is 1. The van der Waals surface area contributed by atoms with Crippen LogP contribution in [0.5, 0.6) is 5.75 Å². The molecule has 1 aromatic carbocycles. The molecule has 142 valence electrons. The zero-order chi connectivity index (χ0) is 18.5. The zero-order valence-electron chi connectivity index (χ0n) is 15.6. The summed E-state index contributed by atoms with van der Waals surface area (Å²) >= 11 is 3.50. The summed E-state index contributed by atoms with van der Waals surface area (Å²) in [6.07, 6.45) is 0.755. The summed E-state index contributed by atoms with van der Waals surface area (Å²) in [7, 11) is 0. The van der Waals surface area contributed by atoms with Crippen LogP contribution in [0.25, 0.3) is 0 Å². The van der Waals surface area contributed by atoms with Crippen LogP contribution in [0.15, 0.2) is 22.7 Å². The Bertz CT molecular complexity index is 691. The van der Waals surface area contributed by atoms with Crippen LogP contribution in [0, 0.1) is 17.8 Å². The van der Waals surface area contributed by atoms with Crippen molar-refractivity contribution < 1.29 is 14.3 Å². The van der Waals surface area contributed by atoms with E-state index in [0.717, 1.165) is 42.9 Å². The summed E-state index contributed by atoms with van der Waals surface area (Å²) in [6.45, 7) is 9.40. The van der Waals surface area contributed by atoms with Gasteiger partial charge in [-0.3, -0.25) is 4.90 Å². The molecule has 0 spiro atoms. The van der Waals surface area contributed by atoms with Crippen molar-refractivity contribution in [2.45, 2.75) is 38.8 Å². The molecule has 3 atom stereocenters. The van der Waals surface area contributed by atoms with Crippen LogP contribution in [-0.4, -0.2) is 48.9 Å². The van der Waals surface area contributed by atoms with Crippen molar-refractivity contribution in [2.75, 3.05) is 26.2 Å². The third-order valence-electron chi connectivity index (χ3n) is 5.71. The van der Waals surface area contributed by atoms with Crippen LogP contribution in [0.4, 0.5) is 4.79 Å². The second kappa shape index (κ2) is 6.71. The highest BCUT2D eigenvalue weighted by Gasteiger charge is 2.56. The molecule has 5 nitrogen and oxygen atoms in total. The first-order valence-corrected chi connectivity index (χ1v) is 10.2. The van der Waals surface area contributed by atoms with Gasteiger partial charge in [0.05, 0.1) is 0 Å². The van der Waals surface area contributed by atoms with Crippen LogP contribution in [-0.2, 0) is 11.2 Å². The van der Waals surface area contributed by atoms with Gasteiger partial charge in [-0.1, -0.05) is 22.0 Å². The molecular weight excluding hydrogens is 396 g/mol. The number of ether oxygens (including phenoxy) is 2. The SMILES string of the molecule is CC(C)(C)OC(=O)NCC1C2CN(C3COc4cc(Br)ccc4C3)CC12. The molecular formula is C20H27BrN2O3. The fourth-order valence-corrected chi connectivity index (χ4v) is 4.70. The van der Waals surface area contributed by atoms with Crippen molar-refractivity contribution in [3.05, 3.63) is 28.2 Å². The normalized spacial score (nSPS) is 30.2. The minimum Gasteiger partial charge on any atom is -0.492 e. The molecule has 6 heteroatoms. The second-order valence-electron chi connectivity index (χ2n) is 8.75. The highest BCUT2D eigenvalue weighted by Crippen LogP contribution is 2.52. The summed E-state index contributed by atoms with van der Waals surface area (Å²) in [5.74, 6) is 3.03. The lowest BCUT2D eigenvalue weighted by Gasteiger charge is -2.33. The van der Waals surface area contributed by atoms with Gasteiger partial charge < -0.3 is 14.8 Å². The number of halogens is 1.